The summed E-state index contributed by atoms with van der Waals surface area (Å²) in [6.45, 7) is 1.95. The standard InChI is InChI=1S/C26H23ClN4O4/c1-17-11-12-20(14-22(17)27)31-26(34)30(16-19-9-6-10-21(13-19)35-2)25(33)23(29-31)24(32)28-15-18-7-4-3-5-8-18/h3-14H,15-16H2,1-2H3,(H,28,32). The van der Waals surface area contributed by atoms with Gasteiger partial charge in [-0.05, 0) is 47.9 Å². The smallest absolute Gasteiger partial charge is 0.352 e. The average molecular weight is 491 g/mol. The molecule has 0 fully saturated rings. The third kappa shape index (κ3) is 5.33. The van der Waals surface area contributed by atoms with Gasteiger partial charge >= 0.3 is 5.69 Å². The first kappa shape index (κ1) is 24.0. The number of nitrogens with zero attached hydrogens (tertiary/aromatic N) is 3. The van der Waals surface area contributed by atoms with E-state index in [1.165, 1.54) is 7.11 Å². The van der Waals surface area contributed by atoms with Crippen LogP contribution in [0.5, 0.6) is 5.75 Å². The molecular formula is C26H23ClN4O4. The largest absolute Gasteiger partial charge is 0.497 e. The fraction of sp³-hybridized carbons (Fsp3) is 0.154. The molecule has 3 aromatic carbocycles. The Morgan fingerprint density at radius 3 is 2.46 bits per heavy atom. The van der Waals surface area contributed by atoms with E-state index in [9.17, 15) is 14.4 Å². The van der Waals surface area contributed by atoms with Crippen LogP contribution in [0.4, 0.5) is 0 Å². The minimum atomic E-state index is -0.794. The van der Waals surface area contributed by atoms with Gasteiger partial charge in [0.1, 0.15) is 5.75 Å². The molecule has 0 aliphatic rings. The molecule has 35 heavy (non-hydrogen) atoms. The average Bonchev–Trinajstić information content (AvgIpc) is 2.87. The Hall–Kier alpha value is -4.17. The van der Waals surface area contributed by atoms with Crippen molar-refractivity contribution >= 4 is 17.5 Å². The summed E-state index contributed by atoms with van der Waals surface area (Å²) in [4.78, 5) is 39.6. The molecule has 8 nitrogen and oxygen atoms in total. The van der Waals surface area contributed by atoms with Crippen LogP contribution in [0, 0.1) is 6.92 Å². The van der Waals surface area contributed by atoms with E-state index < -0.39 is 22.9 Å². The highest BCUT2D eigenvalue weighted by Crippen LogP contribution is 2.18. The molecule has 0 bridgehead atoms. The maximum absolute atomic E-state index is 13.4. The lowest BCUT2D eigenvalue weighted by molar-refractivity contribution is 0.0941. The summed E-state index contributed by atoms with van der Waals surface area (Å²) >= 11 is 6.27. The second kappa shape index (κ2) is 10.4. The van der Waals surface area contributed by atoms with E-state index in [0.717, 1.165) is 20.4 Å². The Labute approximate surface area is 206 Å². The van der Waals surface area contributed by atoms with Crippen LogP contribution in [0.3, 0.4) is 0 Å². The molecule has 0 saturated heterocycles. The van der Waals surface area contributed by atoms with Gasteiger partial charge in [0.15, 0.2) is 0 Å². The highest BCUT2D eigenvalue weighted by Gasteiger charge is 2.21. The van der Waals surface area contributed by atoms with Crippen LogP contribution in [-0.2, 0) is 13.1 Å². The zero-order valence-corrected chi connectivity index (χ0v) is 20.0. The Balaban J connectivity index is 1.80. The Morgan fingerprint density at radius 1 is 1.00 bits per heavy atom. The molecule has 1 heterocycles. The summed E-state index contributed by atoms with van der Waals surface area (Å²) in [5.41, 5.74) is 0.765. The first-order chi connectivity index (χ1) is 16.9. The molecule has 0 unspecified atom stereocenters. The van der Waals surface area contributed by atoms with Crippen molar-refractivity contribution in [2.24, 2.45) is 0 Å². The van der Waals surface area contributed by atoms with Crippen LogP contribution in [0.2, 0.25) is 5.02 Å². The van der Waals surface area contributed by atoms with E-state index in [-0.39, 0.29) is 13.1 Å². The van der Waals surface area contributed by atoms with E-state index in [2.05, 4.69) is 10.4 Å². The SMILES string of the molecule is COc1cccc(Cn2c(=O)c(C(=O)NCc3ccccc3)nn(-c3ccc(C)c(Cl)c3)c2=O)c1. The maximum atomic E-state index is 13.4. The van der Waals surface area contributed by atoms with Crippen molar-refractivity contribution in [1.82, 2.24) is 19.7 Å². The van der Waals surface area contributed by atoms with E-state index >= 15 is 0 Å². The number of amides is 1. The molecule has 0 atom stereocenters. The number of carbonyl (C=O) groups excluding carboxylic acids is 1. The number of aryl methyl sites for hydroxylation is 1. The Bertz CT molecular complexity index is 1500. The number of nitrogens with one attached hydrogen (secondary N) is 1. The number of halogens is 1. The zero-order valence-electron chi connectivity index (χ0n) is 19.2. The molecule has 0 radical (unpaired) electrons. The lowest BCUT2D eigenvalue weighted by Gasteiger charge is -2.13. The van der Waals surface area contributed by atoms with Crippen LogP contribution >= 0.6 is 11.6 Å². The molecule has 0 aliphatic heterocycles. The number of carbonyl (C=O) groups is 1. The van der Waals surface area contributed by atoms with E-state index in [1.54, 1.807) is 42.5 Å². The van der Waals surface area contributed by atoms with Crippen molar-refractivity contribution in [3.8, 4) is 11.4 Å². The molecule has 0 spiro atoms. The van der Waals surface area contributed by atoms with Crippen LogP contribution < -0.4 is 21.3 Å². The van der Waals surface area contributed by atoms with Gasteiger partial charge in [0.25, 0.3) is 11.5 Å². The third-order valence-electron chi connectivity index (χ3n) is 5.45. The minimum absolute atomic E-state index is 0.0735. The van der Waals surface area contributed by atoms with Gasteiger partial charge in [-0.2, -0.15) is 9.78 Å². The van der Waals surface area contributed by atoms with Gasteiger partial charge in [-0.1, -0.05) is 60.1 Å². The third-order valence-corrected chi connectivity index (χ3v) is 5.85. The number of benzene rings is 3. The summed E-state index contributed by atoms with van der Waals surface area (Å²) in [5, 5.41) is 7.27. The summed E-state index contributed by atoms with van der Waals surface area (Å²) < 4.78 is 7.24. The van der Waals surface area contributed by atoms with E-state index in [1.807, 2.05) is 37.3 Å². The van der Waals surface area contributed by atoms with Crippen LogP contribution in [-0.4, -0.2) is 27.4 Å². The van der Waals surface area contributed by atoms with Crippen molar-refractivity contribution in [2.45, 2.75) is 20.0 Å². The van der Waals surface area contributed by atoms with Crippen molar-refractivity contribution in [3.63, 3.8) is 0 Å². The second-order valence-electron chi connectivity index (χ2n) is 7.89. The molecule has 1 N–H and O–H groups in total. The molecule has 0 saturated carbocycles. The normalized spacial score (nSPS) is 10.7. The number of aromatic nitrogens is 3. The maximum Gasteiger partial charge on any atom is 0.352 e. The molecule has 1 amide bonds. The predicted molar refractivity (Wildman–Crippen MR) is 134 cm³/mol. The molecule has 4 rings (SSSR count). The number of methoxy groups -OCH3 is 1. The molecule has 0 aliphatic carbocycles. The van der Waals surface area contributed by atoms with Gasteiger partial charge in [0.05, 0.1) is 19.3 Å². The number of hydrogen-bond acceptors (Lipinski definition) is 5. The Morgan fingerprint density at radius 2 is 1.74 bits per heavy atom. The predicted octanol–water partition coefficient (Wildman–Crippen LogP) is 3.34. The van der Waals surface area contributed by atoms with Gasteiger partial charge in [-0.15, -0.1) is 0 Å². The lowest BCUT2D eigenvalue weighted by atomic mass is 10.2. The molecule has 1 aromatic heterocycles. The summed E-state index contributed by atoms with van der Waals surface area (Å²) in [6, 6.07) is 21.2. The van der Waals surface area contributed by atoms with Crippen LogP contribution in [0.15, 0.2) is 82.4 Å². The van der Waals surface area contributed by atoms with Crippen molar-refractivity contribution in [1.29, 1.82) is 0 Å². The van der Waals surface area contributed by atoms with Gasteiger partial charge in [0, 0.05) is 11.6 Å². The quantitative estimate of drug-likeness (QED) is 0.428. The number of ether oxygens (including phenoxy) is 1. The fourth-order valence-electron chi connectivity index (χ4n) is 3.49. The van der Waals surface area contributed by atoms with E-state index in [0.29, 0.717) is 22.0 Å². The Kier molecular flexibility index (Phi) is 7.12. The first-order valence-corrected chi connectivity index (χ1v) is 11.2. The summed E-state index contributed by atoms with van der Waals surface area (Å²) in [6.07, 6.45) is 0. The van der Waals surface area contributed by atoms with Gasteiger partial charge in [0.2, 0.25) is 5.69 Å². The van der Waals surface area contributed by atoms with E-state index in [4.69, 9.17) is 16.3 Å². The van der Waals surface area contributed by atoms with Gasteiger partial charge in [-0.25, -0.2) is 4.79 Å². The minimum Gasteiger partial charge on any atom is -0.497 e. The van der Waals surface area contributed by atoms with Gasteiger partial charge in [-0.3, -0.25) is 14.2 Å². The van der Waals surface area contributed by atoms with Crippen molar-refractivity contribution in [2.75, 3.05) is 7.11 Å². The molecule has 178 valence electrons. The fourth-order valence-corrected chi connectivity index (χ4v) is 3.67. The first-order valence-electron chi connectivity index (χ1n) is 10.8. The number of hydrogen-bond donors (Lipinski definition) is 1. The second-order valence-corrected chi connectivity index (χ2v) is 8.29. The monoisotopic (exact) mass is 490 g/mol. The highest BCUT2D eigenvalue weighted by molar-refractivity contribution is 6.31. The summed E-state index contributed by atoms with van der Waals surface area (Å²) in [5.74, 6) is -0.110. The zero-order chi connectivity index (χ0) is 24.9. The number of rotatable bonds is 7. The topological polar surface area (TPSA) is 95.2 Å². The van der Waals surface area contributed by atoms with Crippen LogP contribution in [0.25, 0.3) is 5.69 Å². The van der Waals surface area contributed by atoms with Crippen molar-refractivity contribution < 1.29 is 9.53 Å². The van der Waals surface area contributed by atoms with Crippen LogP contribution in [0.1, 0.15) is 27.2 Å². The lowest BCUT2D eigenvalue weighted by Crippen LogP contribution is -2.46. The molecular weight excluding hydrogens is 468 g/mol. The molecule has 9 heteroatoms. The van der Waals surface area contributed by atoms with Gasteiger partial charge < -0.3 is 10.1 Å². The summed E-state index contributed by atoms with van der Waals surface area (Å²) in [7, 11) is 1.53. The highest BCUT2D eigenvalue weighted by atomic mass is 35.5. The van der Waals surface area contributed by atoms with Crippen molar-refractivity contribution in [3.05, 3.63) is 121 Å². The molecule has 4 aromatic rings.